The molecule has 0 radical (unpaired) electrons. The molecule has 13 heavy (non-hydrogen) atoms. The molecule has 0 aromatic carbocycles. The van der Waals surface area contributed by atoms with Crippen LogP contribution in [0, 0.1) is 0 Å². The zero-order chi connectivity index (χ0) is 8.67. The lowest BCUT2D eigenvalue weighted by Gasteiger charge is -2.17. The van der Waals surface area contributed by atoms with E-state index in [9.17, 15) is 0 Å². The smallest absolute Gasteiger partial charge is 0.0884 e. The van der Waals surface area contributed by atoms with E-state index in [0.717, 1.165) is 19.5 Å². The second-order valence-corrected chi connectivity index (χ2v) is 3.60. The van der Waals surface area contributed by atoms with E-state index in [4.69, 9.17) is 0 Å². The maximum atomic E-state index is 4.66. The van der Waals surface area contributed by atoms with Gasteiger partial charge in [-0.3, -0.25) is 4.99 Å². The van der Waals surface area contributed by atoms with E-state index in [2.05, 4.69) is 34.6 Å². The van der Waals surface area contributed by atoms with Crippen LogP contribution in [-0.2, 0) is 0 Å². The molecule has 0 aromatic rings. The van der Waals surface area contributed by atoms with E-state index in [0.29, 0.717) is 6.04 Å². The van der Waals surface area contributed by atoms with E-state index in [1.54, 1.807) is 0 Å². The number of hydrogen-bond acceptors (Lipinski definition) is 2. The Labute approximate surface area is 77.7 Å². The van der Waals surface area contributed by atoms with Gasteiger partial charge in [0.25, 0.3) is 0 Å². The highest BCUT2D eigenvalue weighted by molar-refractivity contribution is 6.14. The Balaban J connectivity index is 2.08. The summed E-state index contributed by atoms with van der Waals surface area (Å²) in [5, 5.41) is 3.33. The topological polar surface area (TPSA) is 24.4 Å². The first-order valence-electron chi connectivity index (χ1n) is 4.81. The zero-order valence-electron chi connectivity index (χ0n) is 7.46. The van der Waals surface area contributed by atoms with Gasteiger partial charge in [0, 0.05) is 18.7 Å². The lowest BCUT2D eigenvalue weighted by molar-refractivity contribution is 0.645. The van der Waals surface area contributed by atoms with Crippen molar-refractivity contribution in [1.29, 1.82) is 0 Å². The number of rotatable bonds is 0. The van der Waals surface area contributed by atoms with Gasteiger partial charge < -0.3 is 5.32 Å². The first kappa shape index (κ1) is 7.27. The fourth-order valence-electron chi connectivity index (χ4n) is 2.16. The Kier molecular flexibility index (Phi) is 1.49. The molecule has 1 atom stereocenters. The summed E-state index contributed by atoms with van der Waals surface area (Å²) in [6.07, 6.45) is 9.94. The Hall–Kier alpha value is -1.15. The predicted molar refractivity (Wildman–Crippen MR) is 54.0 cm³/mol. The molecule has 0 amide bonds. The Morgan fingerprint density at radius 3 is 3.38 bits per heavy atom. The fourth-order valence-corrected chi connectivity index (χ4v) is 2.16. The maximum absolute atomic E-state index is 4.66. The lowest BCUT2D eigenvalue weighted by Crippen LogP contribution is -2.30. The van der Waals surface area contributed by atoms with Gasteiger partial charge in [-0.25, -0.2) is 0 Å². The molecular formula is C11H12N2. The van der Waals surface area contributed by atoms with Gasteiger partial charge in [0.15, 0.2) is 0 Å². The van der Waals surface area contributed by atoms with E-state index < -0.39 is 0 Å². The normalized spacial score (nSPS) is 30.2. The lowest BCUT2D eigenvalue weighted by atomic mass is 9.94. The van der Waals surface area contributed by atoms with Crippen LogP contribution in [-0.4, -0.2) is 24.8 Å². The predicted octanol–water partition coefficient (Wildman–Crippen LogP) is 1.23. The summed E-state index contributed by atoms with van der Waals surface area (Å²) < 4.78 is 0. The van der Waals surface area contributed by atoms with Gasteiger partial charge in [0.1, 0.15) is 0 Å². The van der Waals surface area contributed by atoms with Crippen LogP contribution < -0.4 is 5.32 Å². The molecule has 3 aliphatic rings. The molecule has 2 aliphatic heterocycles. The van der Waals surface area contributed by atoms with Crippen LogP contribution in [0.2, 0.25) is 0 Å². The van der Waals surface area contributed by atoms with Crippen molar-refractivity contribution in [1.82, 2.24) is 5.32 Å². The van der Waals surface area contributed by atoms with Gasteiger partial charge in [0.2, 0.25) is 0 Å². The third kappa shape index (κ3) is 1.02. The van der Waals surface area contributed by atoms with E-state index in [-0.39, 0.29) is 0 Å². The molecule has 1 unspecified atom stereocenters. The average Bonchev–Trinajstić information content (AvgIpc) is 2.56. The number of hydrogen-bond donors (Lipinski definition) is 1. The molecule has 0 bridgehead atoms. The maximum Gasteiger partial charge on any atom is 0.0884 e. The molecule has 0 aromatic heterocycles. The first-order chi connectivity index (χ1) is 6.45. The number of nitrogens with zero attached hydrogens (tertiary/aromatic N) is 1. The van der Waals surface area contributed by atoms with Crippen molar-refractivity contribution < 1.29 is 0 Å². The zero-order valence-corrected chi connectivity index (χ0v) is 7.46. The van der Waals surface area contributed by atoms with Crippen LogP contribution in [0.3, 0.4) is 0 Å². The summed E-state index contributed by atoms with van der Waals surface area (Å²) in [6, 6.07) is 0.387. The quantitative estimate of drug-likeness (QED) is 0.584. The van der Waals surface area contributed by atoms with Crippen LogP contribution in [0.1, 0.15) is 6.42 Å². The third-order valence-corrected chi connectivity index (χ3v) is 2.78. The Bertz CT molecular complexity index is 358. The molecule has 1 aliphatic carbocycles. The molecule has 1 N–H and O–H groups in total. The second kappa shape index (κ2) is 2.67. The van der Waals surface area contributed by atoms with Crippen molar-refractivity contribution in [3.63, 3.8) is 0 Å². The average molecular weight is 172 g/mol. The second-order valence-electron chi connectivity index (χ2n) is 3.60. The molecule has 66 valence electrons. The summed E-state index contributed by atoms with van der Waals surface area (Å²) in [7, 11) is 0. The van der Waals surface area contributed by atoms with Crippen molar-refractivity contribution in [3.05, 3.63) is 35.5 Å². The summed E-state index contributed by atoms with van der Waals surface area (Å²) in [5.41, 5.74) is 4.01. The van der Waals surface area contributed by atoms with Gasteiger partial charge in [-0.1, -0.05) is 18.2 Å². The summed E-state index contributed by atoms with van der Waals surface area (Å²) >= 11 is 0. The molecule has 0 saturated heterocycles. The van der Waals surface area contributed by atoms with Crippen molar-refractivity contribution in [3.8, 4) is 0 Å². The summed E-state index contributed by atoms with van der Waals surface area (Å²) in [6.45, 7) is 2.00. The van der Waals surface area contributed by atoms with Gasteiger partial charge in [-0.2, -0.15) is 0 Å². The first-order valence-corrected chi connectivity index (χ1v) is 4.81. The molecule has 0 fully saturated rings. The summed E-state index contributed by atoms with van der Waals surface area (Å²) in [5.74, 6) is 0. The minimum Gasteiger partial charge on any atom is -0.311 e. The van der Waals surface area contributed by atoms with E-state index >= 15 is 0 Å². The highest BCUT2D eigenvalue weighted by atomic mass is 15.0. The Morgan fingerprint density at radius 1 is 1.38 bits per heavy atom. The number of nitrogens with one attached hydrogen (secondary N) is 1. The van der Waals surface area contributed by atoms with Gasteiger partial charge >= 0.3 is 0 Å². The van der Waals surface area contributed by atoms with E-state index in [1.807, 2.05) is 0 Å². The van der Waals surface area contributed by atoms with Crippen LogP contribution in [0.5, 0.6) is 0 Å². The van der Waals surface area contributed by atoms with Crippen LogP contribution >= 0.6 is 0 Å². The largest absolute Gasteiger partial charge is 0.311 e. The van der Waals surface area contributed by atoms with Gasteiger partial charge in [-0.15, -0.1) is 0 Å². The minimum atomic E-state index is 0.387. The standard InChI is InChI=1S/C11H12N2/c1-2-4-10-8(3-1)9-5-6-12-7-11(9)13-10/h2-5,11-12H,1,6-7H2. The summed E-state index contributed by atoms with van der Waals surface area (Å²) in [4.78, 5) is 4.66. The molecule has 2 heterocycles. The van der Waals surface area contributed by atoms with Crippen molar-refractivity contribution in [2.45, 2.75) is 12.5 Å². The molecular weight excluding hydrogens is 160 g/mol. The third-order valence-electron chi connectivity index (χ3n) is 2.78. The Morgan fingerprint density at radius 2 is 2.38 bits per heavy atom. The number of fused-ring (bicyclic) bond motifs is 3. The van der Waals surface area contributed by atoms with Gasteiger partial charge in [0.05, 0.1) is 11.8 Å². The molecule has 2 heteroatoms. The van der Waals surface area contributed by atoms with Crippen LogP contribution in [0.25, 0.3) is 0 Å². The molecule has 2 nitrogen and oxygen atoms in total. The number of aliphatic imine (C=N–C) groups is 1. The highest BCUT2D eigenvalue weighted by Gasteiger charge is 2.28. The van der Waals surface area contributed by atoms with Crippen molar-refractivity contribution in [2.75, 3.05) is 13.1 Å². The SMILES string of the molecule is C1=CC2=NC3CNCC=C3C2=CC1. The van der Waals surface area contributed by atoms with E-state index in [1.165, 1.54) is 16.9 Å². The van der Waals surface area contributed by atoms with Crippen molar-refractivity contribution >= 4 is 5.71 Å². The molecule has 0 spiro atoms. The molecule has 3 rings (SSSR count). The number of allylic oxidation sites excluding steroid dienone is 3. The molecule has 0 saturated carbocycles. The van der Waals surface area contributed by atoms with Crippen molar-refractivity contribution in [2.24, 2.45) is 4.99 Å². The van der Waals surface area contributed by atoms with Crippen LogP contribution in [0.4, 0.5) is 0 Å². The highest BCUT2D eigenvalue weighted by Crippen LogP contribution is 2.30. The monoisotopic (exact) mass is 172 g/mol. The fraction of sp³-hybridized carbons (Fsp3) is 0.364. The minimum absolute atomic E-state index is 0.387. The van der Waals surface area contributed by atoms with Gasteiger partial charge in [-0.05, 0) is 18.1 Å². The van der Waals surface area contributed by atoms with Crippen LogP contribution in [0.15, 0.2) is 40.4 Å².